The van der Waals surface area contributed by atoms with Crippen molar-refractivity contribution in [1.29, 1.82) is 0 Å². The largest absolute Gasteiger partial charge is 0.367 e. The Kier molecular flexibility index (Phi) is 2.94. The lowest BCUT2D eigenvalue weighted by Crippen LogP contribution is -2.23. The van der Waals surface area contributed by atoms with Gasteiger partial charge in [0.1, 0.15) is 5.82 Å². The minimum absolute atomic E-state index is 0.575. The normalized spacial score (nSPS) is 17.2. The molecule has 1 aliphatic rings. The van der Waals surface area contributed by atoms with Crippen LogP contribution in [-0.2, 0) is 0 Å². The van der Waals surface area contributed by atoms with Crippen LogP contribution in [0.1, 0.15) is 43.5 Å². The molecule has 0 amide bonds. The van der Waals surface area contributed by atoms with Crippen molar-refractivity contribution in [2.45, 2.75) is 52.0 Å². The fourth-order valence-electron chi connectivity index (χ4n) is 2.87. The first-order valence-electron chi connectivity index (χ1n) is 6.83. The molecule has 4 heteroatoms. The molecule has 2 aromatic heterocycles. The van der Waals surface area contributed by atoms with Crippen molar-refractivity contribution in [3.63, 3.8) is 0 Å². The molecule has 2 N–H and O–H groups in total. The Morgan fingerprint density at radius 1 is 1.22 bits per heavy atom. The third-order valence-corrected chi connectivity index (χ3v) is 3.80. The lowest BCUT2D eigenvalue weighted by molar-refractivity contribution is 0.462. The van der Waals surface area contributed by atoms with Gasteiger partial charge in [-0.05, 0) is 32.8 Å². The van der Waals surface area contributed by atoms with Crippen LogP contribution >= 0.6 is 0 Å². The molecule has 0 aromatic carbocycles. The van der Waals surface area contributed by atoms with Gasteiger partial charge in [0, 0.05) is 11.7 Å². The summed E-state index contributed by atoms with van der Waals surface area (Å²) >= 11 is 0. The van der Waals surface area contributed by atoms with E-state index in [2.05, 4.69) is 26.6 Å². The molecule has 18 heavy (non-hydrogen) atoms. The topological polar surface area (TPSA) is 53.6 Å². The van der Waals surface area contributed by atoms with Crippen LogP contribution in [-0.4, -0.2) is 21.2 Å². The summed E-state index contributed by atoms with van der Waals surface area (Å²) in [5.74, 6) is 1.00. The van der Waals surface area contributed by atoms with E-state index in [9.17, 15) is 0 Å². The van der Waals surface area contributed by atoms with Crippen LogP contribution in [0.25, 0.3) is 10.9 Å². The van der Waals surface area contributed by atoms with Crippen LogP contribution in [0.5, 0.6) is 0 Å². The third kappa shape index (κ3) is 2.07. The lowest BCUT2D eigenvalue weighted by atomic mass is 9.95. The van der Waals surface area contributed by atoms with E-state index >= 15 is 0 Å². The van der Waals surface area contributed by atoms with Crippen LogP contribution in [0, 0.1) is 13.8 Å². The van der Waals surface area contributed by atoms with Gasteiger partial charge < -0.3 is 5.32 Å². The molecule has 0 radical (unpaired) electrons. The van der Waals surface area contributed by atoms with E-state index in [0.29, 0.717) is 6.04 Å². The minimum atomic E-state index is 0.575. The molecule has 0 unspecified atom stereocenters. The summed E-state index contributed by atoms with van der Waals surface area (Å²) in [6.45, 7) is 4.06. The van der Waals surface area contributed by atoms with Gasteiger partial charge in [0.15, 0.2) is 0 Å². The van der Waals surface area contributed by atoms with Gasteiger partial charge in [-0.1, -0.05) is 19.3 Å². The minimum Gasteiger partial charge on any atom is -0.367 e. The highest BCUT2D eigenvalue weighted by atomic mass is 15.1. The molecule has 0 aliphatic heterocycles. The Morgan fingerprint density at radius 2 is 2.00 bits per heavy atom. The van der Waals surface area contributed by atoms with E-state index < -0.39 is 0 Å². The zero-order valence-corrected chi connectivity index (χ0v) is 11.1. The van der Waals surface area contributed by atoms with Crippen molar-refractivity contribution in [1.82, 2.24) is 15.2 Å². The zero-order valence-electron chi connectivity index (χ0n) is 11.1. The first-order valence-corrected chi connectivity index (χ1v) is 6.83. The molecule has 0 atom stereocenters. The predicted molar refractivity (Wildman–Crippen MR) is 73.9 cm³/mol. The number of hydrogen-bond donors (Lipinski definition) is 2. The maximum atomic E-state index is 4.66. The fraction of sp³-hybridized carbons (Fsp3) is 0.571. The first-order chi connectivity index (χ1) is 8.74. The Bertz CT molecular complexity index is 552. The van der Waals surface area contributed by atoms with E-state index in [-0.39, 0.29) is 0 Å². The molecule has 0 bridgehead atoms. The van der Waals surface area contributed by atoms with Gasteiger partial charge in [-0.25, -0.2) is 4.98 Å². The van der Waals surface area contributed by atoms with E-state index in [1.807, 2.05) is 13.8 Å². The summed E-state index contributed by atoms with van der Waals surface area (Å²) in [6.07, 6.45) is 6.55. The molecule has 1 fully saturated rings. The number of nitrogens with zero attached hydrogens (tertiary/aromatic N) is 2. The predicted octanol–water partition coefficient (Wildman–Crippen LogP) is 3.32. The molecule has 1 saturated carbocycles. The molecule has 2 aromatic rings. The highest BCUT2D eigenvalue weighted by Crippen LogP contribution is 2.27. The molecule has 1 aliphatic carbocycles. The van der Waals surface area contributed by atoms with E-state index in [4.69, 9.17) is 0 Å². The third-order valence-electron chi connectivity index (χ3n) is 3.80. The van der Waals surface area contributed by atoms with Crippen molar-refractivity contribution in [3.05, 3.63) is 17.5 Å². The van der Waals surface area contributed by atoms with Gasteiger partial charge in [0.25, 0.3) is 0 Å². The Hall–Kier alpha value is -1.58. The molecule has 3 rings (SSSR count). The molecule has 4 nitrogen and oxygen atoms in total. The van der Waals surface area contributed by atoms with Gasteiger partial charge in [-0.3, -0.25) is 5.10 Å². The SMILES string of the molecule is Cc1cc2[nH]nc(C)c2c(NC2CCCCC2)n1. The second-order valence-corrected chi connectivity index (χ2v) is 5.32. The van der Waals surface area contributed by atoms with Crippen LogP contribution in [0.15, 0.2) is 6.07 Å². The average molecular weight is 244 g/mol. The standard InChI is InChI=1S/C14H20N4/c1-9-8-12-13(10(2)17-18-12)14(15-9)16-11-6-4-3-5-7-11/h8,11H,3-7H2,1-2H3,(H,15,16)(H,17,18). The summed E-state index contributed by atoms with van der Waals surface area (Å²) in [4.78, 5) is 4.66. The van der Waals surface area contributed by atoms with Gasteiger partial charge in [-0.15, -0.1) is 0 Å². The monoisotopic (exact) mass is 244 g/mol. The Balaban J connectivity index is 1.96. The number of fused-ring (bicyclic) bond motifs is 1. The van der Waals surface area contributed by atoms with E-state index in [1.165, 1.54) is 32.1 Å². The summed E-state index contributed by atoms with van der Waals surface area (Å²) in [5.41, 5.74) is 3.14. The number of nitrogens with one attached hydrogen (secondary N) is 2. The van der Waals surface area contributed by atoms with Gasteiger partial charge in [0.05, 0.1) is 16.6 Å². The van der Waals surface area contributed by atoms with Crippen molar-refractivity contribution >= 4 is 16.7 Å². The number of hydrogen-bond acceptors (Lipinski definition) is 3. The van der Waals surface area contributed by atoms with Crippen molar-refractivity contribution in [2.75, 3.05) is 5.32 Å². The number of aromatic amines is 1. The molecule has 96 valence electrons. The maximum Gasteiger partial charge on any atom is 0.137 e. The van der Waals surface area contributed by atoms with Crippen LogP contribution in [0.3, 0.4) is 0 Å². The van der Waals surface area contributed by atoms with Crippen LogP contribution < -0.4 is 5.32 Å². The van der Waals surface area contributed by atoms with Crippen molar-refractivity contribution in [3.8, 4) is 0 Å². The molecule has 0 spiro atoms. The van der Waals surface area contributed by atoms with Gasteiger partial charge in [-0.2, -0.15) is 5.10 Å². The van der Waals surface area contributed by atoms with E-state index in [0.717, 1.165) is 28.1 Å². The number of aromatic nitrogens is 3. The second kappa shape index (κ2) is 4.59. The summed E-state index contributed by atoms with van der Waals surface area (Å²) in [5, 5.41) is 12.1. The molecular weight excluding hydrogens is 224 g/mol. The van der Waals surface area contributed by atoms with Crippen molar-refractivity contribution < 1.29 is 0 Å². The Labute approximate surface area is 107 Å². The quantitative estimate of drug-likeness (QED) is 0.852. The second-order valence-electron chi connectivity index (χ2n) is 5.32. The molecule has 0 saturated heterocycles. The van der Waals surface area contributed by atoms with Gasteiger partial charge >= 0.3 is 0 Å². The summed E-state index contributed by atoms with van der Waals surface area (Å²) in [7, 11) is 0. The number of anilines is 1. The molecule has 2 heterocycles. The molecular formula is C14H20N4. The number of rotatable bonds is 2. The van der Waals surface area contributed by atoms with Crippen molar-refractivity contribution in [2.24, 2.45) is 0 Å². The lowest BCUT2D eigenvalue weighted by Gasteiger charge is -2.23. The Morgan fingerprint density at radius 3 is 2.78 bits per heavy atom. The average Bonchev–Trinajstić information content (AvgIpc) is 2.72. The number of aryl methyl sites for hydroxylation is 2. The smallest absolute Gasteiger partial charge is 0.137 e. The number of H-pyrrole nitrogens is 1. The van der Waals surface area contributed by atoms with Crippen LogP contribution in [0.2, 0.25) is 0 Å². The van der Waals surface area contributed by atoms with E-state index in [1.54, 1.807) is 0 Å². The van der Waals surface area contributed by atoms with Gasteiger partial charge in [0.2, 0.25) is 0 Å². The fourth-order valence-corrected chi connectivity index (χ4v) is 2.87. The first kappa shape index (κ1) is 11.5. The zero-order chi connectivity index (χ0) is 12.5. The summed E-state index contributed by atoms with van der Waals surface area (Å²) in [6, 6.07) is 2.63. The number of pyridine rings is 1. The highest BCUT2D eigenvalue weighted by Gasteiger charge is 2.16. The van der Waals surface area contributed by atoms with Crippen LogP contribution in [0.4, 0.5) is 5.82 Å². The summed E-state index contributed by atoms with van der Waals surface area (Å²) < 4.78 is 0. The maximum absolute atomic E-state index is 4.66. The highest BCUT2D eigenvalue weighted by molar-refractivity contribution is 5.91.